The van der Waals surface area contributed by atoms with Crippen molar-refractivity contribution in [3.8, 4) is 28.8 Å². The molecule has 0 fully saturated rings. The highest BCUT2D eigenvalue weighted by Crippen LogP contribution is 2.34. The van der Waals surface area contributed by atoms with Crippen LogP contribution in [-0.2, 0) is 0 Å². The van der Waals surface area contributed by atoms with Crippen molar-refractivity contribution >= 4 is 16.7 Å². The van der Waals surface area contributed by atoms with Crippen LogP contribution in [0.15, 0.2) is 30.5 Å². The van der Waals surface area contributed by atoms with Gasteiger partial charge in [0, 0.05) is 29.3 Å². The second kappa shape index (κ2) is 5.96. The number of anilines is 1. The molecule has 0 bridgehead atoms. The third kappa shape index (κ3) is 2.68. The second-order valence-corrected chi connectivity index (χ2v) is 4.75. The number of pyridine rings is 1. The zero-order chi connectivity index (χ0) is 16.4. The minimum atomic E-state index is 0.363. The predicted molar refractivity (Wildman–Crippen MR) is 86.8 cm³/mol. The molecule has 0 unspecified atom stereocenters. The van der Waals surface area contributed by atoms with Crippen LogP contribution in [0.1, 0.15) is 0 Å². The number of methoxy groups -OCH3 is 3. The maximum absolute atomic E-state index is 6.07. The van der Waals surface area contributed by atoms with E-state index in [2.05, 4.69) is 15.0 Å². The highest BCUT2D eigenvalue weighted by molar-refractivity contribution is 5.92. The van der Waals surface area contributed by atoms with Crippen LogP contribution in [0.25, 0.3) is 22.3 Å². The van der Waals surface area contributed by atoms with E-state index in [1.54, 1.807) is 45.7 Å². The lowest BCUT2D eigenvalue weighted by Crippen LogP contribution is -2.00. The van der Waals surface area contributed by atoms with Gasteiger partial charge in [0.2, 0.25) is 5.88 Å². The molecule has 7 nitrogen and oxygen atoms in total. The molecule has 7 heteroatoms. The molecular formula is C16H16N4O3. The molecule has 0 radical (unpaired) electrons. The molecule has 0 saturated heterocycles. The van der Waals surface area contributed by atoms with Gasteiger partial charge < -0.3 is 19.9 Å². The van der Waals surface area contributed by atoms with E-state index in [0.717, 1.165) is 5.56 Å². The summed E-state index contributed by atoms with van der Waals surface area (Å²) in [5.41, 5.74) is 7.49. The summed E-state index contributed by atoms with van der Waals surface area (Å²) in [4.78, 5) is 13.0. The number of benzene rings is 1. The lowest BCUT2D eigenvalue weighted by Gasteiger charge is -2.11. The summed E-state index contributed by atoms with van der Waals surface area (Å²) in [5, 5.41) is 0.702. The largest absolute Gasteiger partial charge is 0.493 e. The van der Waals surface area contributed by atoms with Gasteiger partial charge in [0.05, 0.1) is 26.8 Å². The molecule has 2 heterocycles. The normalized spacial score (nSPS) is 10.6. The molecule has 0 atom stereocenters. The minimum absolute atomic E-state index is 0.363. The summed E-state index contributed by atoms with van der Waals surface area (Å²) in [5.74, 6) is 2.53. The van der Waals surface area contributed by atoms with Gasteiger partial charge in [-0.3, -0.25) is 0 Å². The van der Waals surface area contributed by atoms with E-state index in [0.29, 0.717) is 39.9 Å². The molecule has 23 heavy (non-hydrogen) atoms. The summed E-state index contributed by atoms with van der Waals surface area (Å²) in [6.07, 6.45) is 1.64. The van der Waals surface area contributed by atoms with Crippen molar-refractivity contribution in [3.63, 3.8) is 0 Å². The second-order valence-electron chi connectivity index (χ2n) is 4.75. The fraction of sp³-hybridized carbons (Fsp3) is 0.188. The van der Waals surface area contributed by atoms with Crippen LogP contribution in [0.5, 0.6) is 17.4 Å². The average Bonchev–Trinajstić information content (AvgIpc) is 2.60. The Hall–Kier alpha value is -3.09. The summed E-state index contributed by atoms with van der Waals surface area (Å²) in [6.45, 7) is 0. The standard InChI is InChI=1S/C16H16N4O3/c1-21-12-6-10-11(7-13(12)22-2)19-16(20-15(10)17)9-4-5-14(23-3)18-8-9/h4-8H,1-3H3,(H2,17,19,20). The van der Waals surface area contributed by atoms with Crippen LogP contribution in [0, 0.1) is 0 Å². The number of rotatable bonds is 4. The molecule has 0 aliphatic rings. The van der Waals surface area contributed by atoms with Crippen molar-refractivity contribution in [1.29, 1.82) is 0 Å². The molecule has 118 valence electrons. The van der Waals surface area contributed by atoms with E-state index in [4.69, 9.17) is 19.9 Å². The Morgan fingerprint density at radius 2 is 1.65 bits per heavy atom. The molecule has 3 rings (SSSR count). The molecule has 0 spiro atoms. The zero-order valence-electron chi connectivity index (χ0n) is 13.0. The van der Waals surface area contributed by atoms with Gasteiger partial charge in [-0.1, -0.05) is 0 Å². The van der Waals surface area contributed by atoms with E-state index in [1.807, 2.05) is 6.07 Å². The first-order valence-corrected chi connectivity index (χ1v) is 6.86. The fourth-order valence-corrected chi connectivity index (χ4v) is 2.24. The average molecular weight is 312 g/mol. The number of nitrogens with zero attached hydrogens (tertiary/aromatic N) is 3. The number of hydrogen-bond acceptors (Lipinski definition) is 7. The van der Waals surface area contributed by atoms with E-state index < -0.39 is 0 Å². The first-order chi connectivity index (χ1) is 11.2. The first-order valence-electron chi connectivity index (χ1n) is 6.86. The SMILES string of the molecule is COc1ccc(-c2nc(N)c3cc(OC)c(OC)cc3n2)cn1. The third-order valence-corrected chi connectivity index (χ3v) is 3.43. The van der Waals surface area contributed by atoms with E-state index in [1.165, 1.54) is 0 Å². The number of hydrogen-bond donors (Lipinski definition) is 1. The number of ether oxygens (including phenoxy) is 3. The van der Waals surface area contributed by atoms with Gasteiger partial charge in [0.25, 0.3) is 0 Å². The Balaban J connectivity index is 2.15. The predicted octanol–water partition coefficient (Wildman–Crippen LogP) is 2.30. The lowest BCUT2D eigenvalue weighted by molar-refractivity contribution is 0.356. The van der Waals surface area contributed by atoms with Crippen molar-refractivity contribution in [3.05, 3.63) is 30.5 Å². The van der Waals surface area contributed by atoms with E-state index >= 15 is 0 Å². The third-order valence-electron chi connectivity index (χ3n) is 3.43. The lowest BCUT2D eigenvalue weighted by atomic mass is 10.2. The zero-order valence-corrected chi connectivity index (χ0v) is 13.0. The molecule has 2 N–H and O–H groups in total. The monoisotopic (exact) mass is 312 g/mol. The van der Waals surface area contributed by atoms with Gasteiger partial charge in [-0.2, -0.15) is 0 Å². The maximum atomic E-state index is 6.07. The molecule has 3 aromatic rings. The molecule has 2 aromatic heterocycles. The summed E-state index contributed by atoms with van der Waals surface area (Å²) in [7, 11) is 4.70. The Morgan fingerprint density at radius 3 is 2.26 bits per heavy atom. The summed E-state index contributed by atoms with van der Waals surface area (Å²) >= 11 is 0. The molecule has 0 aliphatic heterocycles. The first kappa shape index (κ1) is 14.8. The van der Waals surface area contributed by atoms with Crippen molar-refractivity contribution in [2.45, 2.75) is 0 Å². The highest BCUT2D eigenvalue weighted by atomic mass is 16.5. The molecule has 1 aromatic carbocycles. The van der Waals surface area contributed by atoms with E-state index in [-0.39, 0.29) is 0 Å². The topological polar surface area (TPSA) is 92.4 Å². The molecule has 0 amide bonds. The summed E-state index contributed by atoms with van der Waals surface area (Å²) in [6, 6.07) is 7.10. The van der Waals surface area contributed by atoms with Gasteiger partial charge in [-0.15, -0.1) is 0 Å². The smallest absolute Gasteiger partial charge is 0.212 e. The Labute approximate surface area is 133 Å². The number of fused-ring (bicyclic) bond motifs is 1. The number of nitrogen functional groups attached to an aromatic ring is 1. The highest BCUT2D eigenvalue weighted by Gasteiger charge is 2.12. The van der Waals surface area contributed by atoms with Crippen LogP contribution >= 0.6 is 0 Å². The maximum Gasteiger partial charge on any atom is 0.212 e. The van der Waals surface area contributed by atoms with Crippen LogP contribution < -0.4 is 19.9 Å². The quantitative estimate of drug-likeness (QED) is 0.790. The van der Waals surface area contributed by atoms with Gasteiger partial charge >= 0.3 is 0 Å². The summed E-state index contributed by atoms with van der Waals surface area (Å²) < 4.78 is 15.6. The van der Waals surface area contributed by atoms with Crippen molar-refractivity contribution in [2.75, 3.05) is 27.1 Å². The van der Waals surface area contributed by atoms with E-state index in [9.17, 15) is 0 Å². The van der Waals surface area contributed by atoms with Crippen molar-refractivity contribution < 1.29 is 14.2 Å². The van der Waals surface area contributed by atoms with Crippen LogP contribution in [-0.4, -0.2) is 36.3 Å². The Morgan fingerprint density at radius 1 is 0.913 bits per heavy atom. The van der Waals surface area contributed by atoms with Gasteiger partial charge in [-0.05, 0) is 12.1 Å². The fourth-order valence-electron chi connectivity index (χ4n) is 2.24. The van der Waals surface area contributed by atoms with Gasteiger partial charge in [0.1, 0.15) is 5.82 Å². The van der Waals surface area contributed by atoms with Crippen LogP contribution in [0.4, 0.5) is 5.82 Å². The Bertz CT molecular complexity index is 850. The van der Waals surface area contributed by atoms with Crippen molar-refractivity contribution in [2.24, 2.45) is 0 Å². The number of aromatic nitrogens is 3. The molecule has 0 aliphatic carbocycles. The van der Waals surface area contributed by atoms with Crippen molar-refractivity contribution in [1.82, 2.24) is 15.0 Å². The molecule has 0 saturated carbocycles. The van der Waals surface area contributed by atoms with Gasteiger partial charge in [-0.25, -0.2) is 15.0 Å². The van der Waals surface area contributed by atoms with Crippen LogP contribution in [0.3, 0.4) is 0 Å². The van der Waals surface area contributed by atoms with Crippen LogP contribution in [0.2, 0.25) is 0 Å². The Kier molecular flexibility index (Phi) is 3.84. The minimum Gasteiger partial charge on any atom is -0.493 e. The molecular weight excluding hydrogens is 296 g/mol. The number of nitrogens with two attached hydrogens (primary N) is 1. The van der Waals surface area contributed by atoms with Gasteiger partial charge in [0.15, 0.2) is 17.3 Å².